The van der Waals surface area contributed by atoms with Crippen molar-refractivity contribution in [2.45, 2.75) is 33.2 Å². The Bertz CT molecular complexity index is 412. The second kappa shape index (κ2) is 6.79. The quantitative estimate of drug-likeness (QED) is 0.811. The lowest BCUT2D eigenvalue weighted by Crippen LogP contribution is -2.39. The molecule has 0 saturated carbocycles. The molecule has 0 spiro atoms. The van der Waals surface area contributed by atoms with Crippen LogP contribution in [-0.4, -0.2) is 24.5 Å². The summed E-state index contributed by atoms with van der Waals surface area (Å²) in [5.74, 6) is -0.686. The van der Waals surface area contributed by atoms with Crippen LogP contribution in [0.3, 0.4) is 0 Å². The molecule has 1 N–H and O–H groups in total. The molecule has 0 aromatic heterocycles. The number of benzene rings is 1. The number of esters is 1. The Morgan fingerprint density at radius 2 is 1.83 bits per heavy atom. The molecule has 1 rings (SSSR count). The molecule has 1 unspecified atom stereocenters. The normalized spacial score (nSPS) is 11.7. The van der Waals surface area contributed by atoms with Gasteiger partial charge in [-0.05, 0) is 38.0 Å². The largest absolute Gasteiger partial charge is 0.464 e. The van der Waals surface area contributed by atoms with Crippen LogP contribution in [0.2, 0.25) is 0 Å². The highest BCUT2D eigenvalue weighted by Crippen LogP contribution is 2.05. The molecule has 4 nitrogen and oxygen atoms in total. The average molecular weight is 249 g/mol. The van der Waals surface area contributed by atoms with Gasteiger partial charge in [0.15, 0.2) is 0 Å². The summed E-state index contributed by atoms with van der Waals surface area (Å²) in [5, 5.41) is 2.60. The smallest absolute Gasteiger partial charge is 0.328 e. The van der Waals surface area contributed by atoms with Crippen LogP contribution in [-0.2, 0) is 16.0 Å². The number of amides is 1. The standard InChI is InChI=1S/C14H19NO3/c1-4-11-6-8-12(9-7-11)13(16)15-10(3)14(17)18-5-2/h6-10H,4-5H2,1-3H3,(H,15,16). The highest BCUT2D eigenvalue weighted by Gasteiger charge is 2.17. The first-order valence-corrected chi connectivity index (χ1v) is 6.14. The van der Waals surface area contributed by atoms with Crippen molar-refractivity contribution in [3.05, 3.63) is 35.4 Å². The number of nitrogens with one attached hydrogen (secondary N) is 1. The SMILES string of the molecule is CCOC(=O)C(C)NC(=O)c1ccc(CC)cc1. The third-order valence-corrected chi connectivity index (χ3v) is 2.61. The molecule has 0 aliphatic carbocycles. The third kappa shape index (κ3) is 3.87. The van der Waals surface area contributed by atoms with Crippen LogP contribution in [0.25, 0.3) is 0 Å². The predicted molar refractivity (Wildman–Crippen MR) is 69.4 cm³/mol. The van der Waals surface area contributed by atoms with Crippen LogP contribution < -0.4 is 5.32 Å². The molecule has 0 bridgehead atoms. The zero-order chi connectivity index (χ0) is 13.5. The van der Waals surface area contributed by atoms with Gasteiger partial charge in [0.1, 0.15) is 6.04 Å². The average Bonchev–Trinajstić information content (AvgIpc) is 2.39. The third-order valence-electron chi connectivity index (χ3n) is 2.61. The molecule has 98 valence electrons. The molecule has 1 amide bonds. The van der Waals surface area contributed by atoms with Gasteiger partial charge in [-0.15, -0.1) is 0 Å². The zero-order valence-corrected chi connectivity index (χ0v) is 11.0. The molecule has 0 aliphatic heterocycles. The van der Waals surface area contributed by atoms with Crippen molar-refractivity contribution in [2.24, 2.45) is 0 Å². The van der Waals surface area contributed by atoms with Crippen molar-refractivity contribution in [1.29, 1.82) is 0 Å². The Labute approximate surface area is 107 Å². The van der Waals surface area contributed by atoms with E-state index in [1.54, 1.807) is 26.0 Å². The molecule has 0 fully saturated rings. The molecule has 0 radical (unpaired) electrons. The number of hydrogen-bond acceptors (Lipinski definition) is 3. The Morgan fingerprint density at radius 1 is 1.22 bits per heavy atom. The minimum atomic E-state index is -0.636. The van der Waals surface area contributed by atoms with Gasteiger partial charge in [0.05, 0.1) is 6.61 Å². The van der Waals surface area contributed by atoms with E-state index in [9.17, 15) is 9.59 Å². The van der Waals surface area contributed by atoms with E-state index in [0.29, 0.717) is 12.2 Å². The topological polar surface area (TPSA) is 55.4 Å². The fourth-order valence-corrected chi connectivity index (χ4v) is 1.50. The Balaban J connectivity index is 2.61. The number of hydrogen-bond donors (Lipinski definition) is 1. The van der Waals surface area contributed by atoms with Gasteiger partial charge in [0.25, 0.3) is 5.91 Å². The van der Waals surface area contributed by atoms with Crippen LogP contribution in [0.5, 0.6) is 0 Å². The maximum Gasteiger partial charge on any atom is 0.328 e. The fraction of sp³-hybridized carbons (Fsp3) is 0.429. The van der Waals surface area contributed by atoms with Gasteiger partial charge in [-0.1, -0.05) is 19.1 Å². The number of carbonyl (C=O) groups is 2. The monoisotopic (exact) mass is 249 g/mol. The number of carbonyl (C=O) groups excluding carboxylic acids is 2. The molecule has 18 heavy (non-hydrogen) atoms. The number of rotatable bonds is 5. The first-order chi connectivity index (χ1) is 8.58. The van der Waals surface area contributed by atoms with Crippen LogP contribution >= 0.6 is 0 Å². The molecule has 0 aliphatic rings. The minimum Gasteiger partial charge on any atom is -0.464 e. The summed E-state index contributed by atoms with van der Waals surface area (Å²) in [4.78, 5) is 23.2. The van der Waals surface area contributed by atoms with Crippen molar-refractivity contribution in [3.8, 4) is 0 Å². The highest BCUT2D eigenvalue weighted by atomic mass is 16.5. The van der Waals surface area contributed by atoms with E-state index in [0.717, 1.165) is 6.42 Å². The predicted octanol–water partition coefficient (Wildman–Crippen LogP) is 1.93. The molecule has 1 aromatic carbocycles. The van der Waals surface area contributed by atoms with Crippen LogP contribution in [0.15, 0.2) is 24.3 Å². The van der Waals surface area contributed by atoms with Gasteiger partial charge in [-0.2, -0.15) is 0 Å². The molecular weight excluding hydrogens is 230 g/mol. The summed E-state index contributed by atoms with van der Waals surface area (Å²) in [6, 6.07) is 6.69. The van der Waals surface area contributed by atoms with Gasteiger partial charge in [0.2, 0.25) is 0 Å². The lowest BCUT2D eigenvalue weighted by Gasteiger charge is -2.12. The molecular formula is C14H19NO3. The van der Waals surface area contributed by atoms with E-state index in [1.165, 1.54) is 5.56 Å². The first kappa shape index (κ1) is 14.2. The Morgan fingerprint density at radius 3 is 2.33 bits per heavy atom. The van der Waals surface area contributed by atoms with Crippen molar-refractivity contribution in [3.63, 3.8) is 0 Å². The lowest BCUT2D eigenvalue weighted by molar-refractivity contribution is -0.144. The van der Waals surface area contributed by atoms with E-state index < -0.39 is 12.0 Å². The van der Waals surface area contributed by atoms with Crippen molar-refractivity contribution in [2.75, 3.05) is 6.61 Å². The summed E-state index contributed by atoms with van der Waals surface area (Å²) >= 11 is 0. The van der Waals surface area contributed by atoms with Gasteiger partial charge in [0, 0.05) is 5.56 Å². The summed E-state index contributed by atoms with van der Waals surface area (Å²) < 4.78 is 4.82. The number of ether oxygens (including phenoxy) is 1. The van der Waals surface area contributed by atoms with Gasteiger partial charge < -0.3 is 10.1 Å². The van der Waals surface area contributed by atoms with Crippen molar-refractivity contribution < 1.29 is 14.3 Å². The van der Waals surface area contributed by atoms with Crippen LogP contribution in [0.4, 0.5) is 0 Å². The summed E-state index contributed by atoms with van der Waals surface area (Å²) in [6.45, 7) is 5.70. The minimum absolute atomic E-state index is 0.266. The summed E-state index contributed by atoms with van der Waals surface area (Å²) in [6.07, 6.45) is 0.932. The molecule has 1 atom stereocenters. The summed E-state index contributed by atoms with van der Waals surface area (Å²) in [7, 11) is 0. The Hall–Kier alpha value is -1.84. The van der Waals surface area contributed by atoms with Crippen molar-refractivity contribution >= 4 is 11.9 Å². The molecule has 1 aromatic rings. The maximum atomic E-state index is 11.8. The van der Waals surface area contributed by atoms with Crippen molar-refractivity contribution in [1.82, 2.24) is 5.32 Å². The van der Waals surface area contributed by atoms with E-state index in [1.807, 2.05) is 12.1 Å². The maximum absolute atomic E-state index is 11.8. The second-order valence-electron chi connectivity index (χ2n) is 4.00. The Kier molecular flexibility index (Phi) is 5.36. The van der Waals surface area contributed by atoms with E-state index in [4.69, 9.17) is 4.74 Å². The van der Waals surface area contributed by atoms with Crippen LogP contribution in [0.1, 0.15) is 36.7 Å². The molecule has 0 saturated heterocycles. The number of aryl methyl sites for hydroxylation is 1. The van der Waals surface area contributed by atoms with Gasteiger partial charge in [-0.3, -0.25) is 4.79 Å². The fourth-order valence-electron chi connectivity index (χ4n) is 1.50. The summed E-state index contributed by atoms with van der Waals surface area (Å²) in [5.41, 5.74) is 1.72. The highest BCUT2D eigenvalue weighted by molar-refractivity contribution is 5.96. The van der Waals surface area contributed by atoms with E-state index >= 15 is 0 Å². The van der Waals surface area contributed by atoms with E-state index in [2.05, 4.69) is 12.2 Å². The molecule has 4 heteroatoms. The second-order valence-corrected chi connectivity index (χ2v) is 4.00. The lowest BCUT2D eigenvalue weighted by atomic mass is 10.1. The van der Waals surface area contributed by atoms with Gasteiger partial charge in [-0.25, -0.2) is 4.79 Å². The van der Waals surface area contributed by atoms with E-state index in [-0.39, 0.29) is 5.91 Å². The van der Waals surface area contributed by atoms with Gasteiger partial charge >= 0.3 is 5.97 Å². The molecule has 0 heterocycles. The van der Waals surface area contributed by atoms with Crippen LogP contribution in [0, 0.1) is 0 Å². The zero-order valence-electron chi connectivity index (χ0n) is 11.0. The first-order valence-electron chi connectivity index (χ1n) is 6.14.